The molecule has 3 atom stereocenters. The Morgan fingerprint density at radius 1 is 1.02 bits per heavy atom. The molecule has 5 aromatic rings. The van der Waals surface area contributed by atoms with E-state index in [1.54, 1.807) is 33.2 Å². The second-order valence-corrected chi connectivity index (χ2v) is 18.1. The van der Waals surface area contributed by atoms with E-state index in [2.05, 4.69) is 25.3 Å². The van der Waals surface area contributed by atoms with E-state index in [1.165, 1.54) is 10.8 Å². The number of morpholine rings is 1. The number of imidazole rings is 1. The number of halogens is 2. The molecule has 1 aliphatic carbocycles. The topological polar surface area (TPSA) is 163 Å². The molecule has 10 rings (SSSR count). The van der Waals surface area contributed by atoms with Gasteiger partial charge in [-0.3, -0.25) is 33.5 Å². The Bertz CT molecular complexity index is 2580. The van der Waals surface area contributed by atoms with Crippen LogP contribution in [0, 0.1) is 5.92 Å². The first-order chi connectivity index (χ1) is 30.6. The Balaban J connectivity index is 0.682. The lowest BCUT2D eigenvalue weighted by atomic mass is 9.85. The third kappa shape index (κ3) is 8.21. The van der Waals surface area contributed by atoms with Crippen LogP contribution in [0.2, 0.25) is 0 Å². The maximum atomic E-state index is 14.3. The van der Waals surface area contributed by atoms with Gasteiger partial charge < -0.3 is 19.3 Å². The molecule has 1 saturated carbocycles. The van der Waals surface area contributed by atoms with Crippen molar-refractivity contribution in [2.75, 3.05) is 44.3 Å². The third-order valence-electron chi connectivity index (χ3n) is 14.1. The van der Waals surface area contributed by atoms with Crippen molar-refractivity contribution in [3.05, 3.63) is 75.7 Å². The molecule has 2 bridgehead atoms. The average Bonchev–Trinajstić information content (AvgIpc) is 4.13. The number of hydrogen-bond acceptors (Lipinski definition) is 11. The molecule has 63 heavy (non-hydrogen) atoms. The van der Waals surface area contributed by atoms with Gasteiger partial charge in [-0.15, -0.1) is 0 Å². The number of likely N-dealkylation sites (tertiary alicyclic amines) is 1. The van der Waals surface area contributed by atoms with Crippen molar-refractivity contribution in [3.8, 4) is 0 Å². The van der Waals surface area contributed by atoms with E-state index in [4.69, 9.17) is 14.5 Å². The van der Waals surface area contributed by atoms with Crippen molar-refractivity contribution in [2.45, 2.75) is 114 Å². The van der Waals surface area contributed by atoms with Gasteiger partial charge in [0, 0.05) is 70.6 Å². The molecule has 4 aliphatic heterocycles. The van der Waals surface area contributed by atoms with E-state index < -0.39 is 18.4 Å². The van der Waals surface area contributed by atoms with E-state index in [0.29, 0.717) is 42.3 Å². The molecule has 4 saturated heterocycles. The maximum Gasteiger partial charge on any atom is 0.329 e. The SMILES string of the molecule is Cn1c(=O)n(C2CCC(=O)NC2=O)c2cccc(CCCOC3CCN(CC4CCC(n5cc(CC(=O)c6cnn7ccc(N8C[C@H]9C[C@@H]8CO9)nc67)c(C(F)F)n5)CC4)CC3)c21. The summed E-state index contributed by atoms with van der Waals surface area (Å²) in [7, 11) is 1.73. The zero-order chi connectivity index (χ0) is 43.4. The van der Waals surface area contributed by atoms with Gasteiger partial charge in [-0.25, -0.2) is 23.1 Å². The zero-order valence-electron chi connectivity index (χ0n) is 35.5. The summed E-state index contributed by atoms with van der Waals surface area (Å²) < 4.78 is 47.1. The first-order valence-corrected chi connectivity index (χ1v) is 22.6. The number of piperidine rings is 2. The number of rotatable bonds is 14. The smallest absolute Gasteiger partial charge is 0.329 e. The van der Waals surface area contributed by atoms with Crippen molar-refractivity contribution in [1.82, 2.24) is 43.7 Å². The Labute approximate surface area is 362 Å². The van der Waals surface area contributed by atoms with Crippen molar-refractivity contribution in [2.24, 2.45) is 13.0 Å². The molecule has 2 amide bonds. The van der Waals surface area contributed by atoms with Crippen molar-refractivity contribution in [1.29, 1.82) is 0 Å². The second-order valence-electron chi connectivity index (χ2n) is 18.1. The first-order valence-electron chi connectivity index (χ1n) is 22.6. The molecule has 0 spiro atoms. The van der Waals surface area contributed by atoms with Crippen LogP contribution in [-0.4, -0.2) is 114 Å². The molecule has 0 radical (unpaired) electrons. The fourth-order valence-electron chi connectivity index (χ4n) is 10.8. The van der Waals surface area contributed by atoms with Gasteiger partial charge in [-0.2, -0.15) is 10.2 Å². The summed E-state index contributed by atoms with van der Waals surface area (Å²) in [6, 6.07) is 7.23. The highest BCUT2D eigenvalue weighted by atomic mass is 19.3. The summed E-state index contributed by atoms with van der Waals surface area (Å²) in [6.45, 7) is 4.95. The molecule has 16 nitrogen and oxygen atoms in total. The van der Waals surface area contributed by atoms with Crippen LogP contribution in [0.25, 0.3) is 16.7 Å². The predicted octanol–water partition coefficient (Wildman–Crippen LogP) is 4.74. The number of carbonyl (C=O) groups is 3. The number of aromatic nitrogens is 7. The van der Waals surface area contributed by atoms with E-state index in [0.717, 1.165) is 101 Å². The number of benzene rings is 1. The van der Waals surface area contributed by atoms with Gasteiger partial charge >= 0.3 is 5.69 Å². The second kappa shape index (κ2) is 17.3. The number of amides is 2. The van der Waals surface area contributed by atoms with Gasteiger partial charge in [0.2, 0.25) is 11.8 Å². The molecule has 5 fully saturated rings. The van der Waals surface area contributed by atoms with Gasteiger partial charge in [0.15, 0.2) is 11.4 Å². The fraction of sp³-hybridized carbons (Fsp3) is 0.578. The number of ketones is 1. The standard InChI is InChI=1S/C45H54F2N10O6/c1-52-41-28(4-2-6-35(41)57(45(52)61)36-11-12-39(59)50-44(36)60)5-3-19-62-32-13-16-53(17-14-32)23-27-7-9-30(10-8-27)56-24-29(40(51-56)42(46)47)20-37(58)34-22-48-55-18-15-38(49-43(34)55)54-25-33-21-31(54)26-63-33/h2,4,6,15,18,22,24,27,30-33,36,42H,3,5,7-14,16-17,19-21,23,25-26H2,1H3,(H,50,59,60)/t27?,30?,31-,33-,36?/m1/s1. The van der Waals surface area contributed by atoms with Gasteiger partial charge in [0.1, 0.15) is 17.6 Å². The number of carbonyl (C=O) groups excluding carboxylic acids is 3. The predicted molar refractivity (Wildman–Crippen MR) is 227 cm³/mol. The van der Waals surface area contributed by atoms with Crippen LogP contribution >= 0.6 is 0 Å². The van der Waals surface area contributed by atoms with Gasteiger partial charge in [0.05, 0.1) is 53.7 Å². The lowest BCUT2D eigenvalue weighted by molar-refractivity contribution is -0.135. The number of alkyl halides is 2. The van der Waals surface area contributed by atoms with Crippen LogP contribution in [0.15, 0.2) is 47.7 Å². The van der Waals surface area contributed by atoms with E-state index in [9.17, 15) is 28.0 Å². The van der Waals surface area contributed by atoms with Crippen LogP contribution in [0.4, 0.5) is 14.6 Å². The molecule has 1 N–H and O–H groups in total. The molecule has 4 aromatic heterocycles. The lowest BCUT2D eigenvalue weighted by Crippen LogP contribution is -2.44. The molecule has 8 heterocycles. The van der Waals surface area contributed by atoms with Gasteiger partial charge in [0.25, 0.3) is 6.43 Å². The maximum absolute atomic E-state index is 14.3. The Morgan fingerprint density at radius 3 is 2.59 bits per heavy atom. The lowest BCUT2D eigenvalue weighted by Gasteiger charge is -2.36. The average molecular weight is 869 g/mol. The van der Waals surface area contributed by atoms with Crippen LogP contribution in [0.3, 0.4) is 0 Å². The van der Waals surface area contributed by atoms with Gasteiger partial charge in [-0.1, -0.05) is 12.1 Å². The zero-order valence-corrected chi connectivity index (χ0v) is 35.5. The number of anilines is 1. The minimum atomic E-state index is -2.79. The minimum Gasteiger partial charge on any atom is -0.378 e. The van der Waals surface area contributed by atoms with Crippen LogP contribution < -0.4 is 15.9 Å². The summed E-state index contributed by atoms with van der Waals surface area (Å²) in [5.74, 6) is 0.213. The summed E-state index contributed by atoms with van der Waals surface area (Å²) in [5.41, 5.74) is 2.90. The number of nitrogens with one attached hydrogen (secondary N) is 1. The summed E-state index contributed by atoms with van der Waals surface area (Å²) in [4.78, 5) is 60.8. The number of hydrogen-bond donors (Lipinski definition) is 1. The number of ether oxygens (including phenoxy) is 2. The Kier molecular flexibility index (Phi) is 11.5. The molecular formula is C45H54F2N10O6. The van der Waals surface area contributed by atoms with Crippen molar-refractivity contribution >= 4 is 40.1 Å². The Hall–Kier alpha value is -5.33. The van der Waals surface area contributed by atoms with E-state index >= 15 is 0 Å². The molecule has 334 valence electrons. The quantitative estimate of drug-likeness (QED) is 0.0932. The fourth-order valence-corrected chi connectivity index (χ4v) is 10.8. The van der Waals surface area contributed by atoms with Gasteiger partial charge in [-0.05, 0) is 87.8 Å². The number of para-hydroxylation sites is 1. The van der Waals surface area contributed by atoms with Crippen molar-refractivity contribution in [3.63, 3.8) is 0 Å². The first kappa shape index (κ1) is 41.7. The van der Waals surface area contributed by atoms with Crippen LogP contribution in [0.5, 0.6) is 0 Å². The molecular weight excluding hydrogens is 815 g/mol. The third-order valence-corrected chi connectivity index (χ3v) is 14.1. The molecule has 5 aliphatic rings. The molecule has 1 aromatic carbocycles. The molecule has 18 heteroatoms. The number of nitrogens with zero attached hydrogens (tertiary/aromatic N) is 9. The van der Waals surface area contributed by atoms with Crippen LogP contribution in [-0.2, 0) is 39.0 Å². The summed E-state index contributed by atoms with van der Waals surface area (Å²) in [5, 5.41) is 11.1. The number of Topliss-reactive ketones (excluding diaryl/α,β-unsaturated/α-hetero) is 1. The van der Waals surface area contributed by atoms with Crippen molar-refractivity contribution < 1.29 is 32.6 Å². The largest absolute Gasteiger partial charge is 0.378 e. The highest BCUT2D eigenvalue weighted by Gasteiger charge is 2.40. The molecule has 1 unspecified atom stereocenters. The number of fused-ring (bicyclic) bond motifs is 4. The van der Waals surface area contributed by atoms with E-state index in [-0.39, 0.29) is 65.8 Å². The van der Waals surface area contributed by atoms with Crippen LogP contribution in [0.1, 0.15) is 110 Å². The Morgan fingerprint density at radius 2 is 1.84 bits per heavy atom. The summed E-state index contributed by atoms with van der Waals surface area (Å²) in [6.07, 6.45) is 10.9. The number of aryl methyl sites for hydroxylation is 2. The minimum absolute atomic E-state index is 0.00446. The van der Waals surface area contributed by atoms with E-state index in [1.807, 2.05) is 24.3 Å². The highest BCUT2D eigenvalue weighted by Crippen LogP contribution is 2.36. The summed E-state index contributed by atoms with van der Waals surface area (Å²) >= 11 is 0. The highest BCUT2D eigenvalue weighted by molar-refractivity contribution is 6.02. The normalized spacial score (nSPS) is 24.7. The monoisotopic (exact) mass is 868 g/mol. The number of imide groups is 1.